The number of nitrogens with zero attached hydrogens (tertiary/aromatic N) is 1. The summed E-state index contributed by atoms with van der Waals surface area (Å²) in [4.78, 5) is 1.02. The highest BCUT2D eigenvalue weighted by Crippen LogP contribution is 2.27. The minimum atomic E-state index is -3.12. The minimum absolute atomic E-state index is 0.128. The molecule has 0 unspecified atom stereocenters. The van der Waals surface area contributed by atoms with E-state index >= 15 is 0 Å². The van der Waals surface area contributed by atoms with Crippen molar-refractivity contribution >= 4 is 21.8 Å². The lowest BCUT2D eigenvalue weighted by Crippen LogP contribution is -2.36. The van der Waals surface area contributed by atoms with E-state index in [-0.39, 0.29) is 10.5 Å². The lowest BCUT2D eigenvalue weighted by atomic mass is 9.87. The van der Waals surface area contributed by atoms with Gasteiger partial charge in [-0.3, -0.25) is 0 Å². The molecule has 0 saturated carbocycles. The molecule has 5 heteroatoms. The third kappa shape index (κ3) is 4.73. The zero-order valence-corrected chi connectivity index (χ0v) is 14.8. The summed E-state index contributed by atoms with van der Waals surface area (Å²) in [5.41, 5.74) is 1.40. The van der Waals surface area contributed by atoms with E-state index in [1.165, 1.54) is 17.3 Å². The monoisotopic (exact) mass is 327 g/mol. The molecule has 0 atom stereocenters. The molecule has 0 amide bonds. The van der Waals surface area contributed by atoms with Crippen molar-refractivity contribution in [1.29, 1.82) is 0 Å². The summed E-state index contributed by atoms with van der Waals surface area (Å²) in [6.45, 7) is 7.90. The maximum absolute atomic E-state index is 12.3. The normalized spacial score (nSPS) is 17.9. The molecule has 21 heavy (non-hydrogen) atoms. The van der Waals surface area contributed by atoms with Crippen LogP contribution in [0.1, 0.15) is 45.6 Å². The Labute approximate surface area is 133 Å². The molecule has 1 aliphatic rings. The van der Waals surface area contributed by atoms with Gasteiger partial charge in [0.15, 0.2) is 0 Å². The van der Waals surface area contributed by atoms with Crippen LogP contribution in [0, 0.1) is 0 Å². The van der Waals surface area contributed by atoms with Crippen molar-refractivity contribution < 1.29 is 8.42 Å². The molecule has 1 saturated heterocycles. The smallest absolute Gasteiger partial charge is 0.211 e. The average Bonchev–Trinajstić information content (AvgIpc) is 2.46. The molecule has 1 aromatic rings. The van der Waals surface area contributed by atoms with E-state index in [4.69, 9.17) is 0 Å². The first-order chi connectivity index (χ1) is 9.79. The quantitative estimate of drug-likeness (QED) is 0.788. The second-order valence-electron chi connectivity index (χ2n) is 6.61. The van der Waals surface area contributed by atoms with E-state index in [0.29, 0.717) is 13.1 Å². The van der Waals surface area contributed by atoms with Gasteiger partial charge < -0.3 is 0 Å². The lowest BCUT2D eigenvalue weighted by Gasteiger charge is -2.25. The summed E-state index contributed by atoms with van der Waals surface area (Å²) < 4.78 is 26.2. The molecule has 0 radical (unpaired) electrons. The van der Waals surface area contributed by atoms with Gasteiger partial charge in [0, 0.05) is 18.0 Å². The van der Waals surface area contributed by atoms with Gasteiger partial charge in [-0.1, -0.05) is 39.3 Å². The van der Waals surface area contributed by atoms with Crippen molar-refractivity contribution in [3.63, 3.8) is 0 Å². The van der Waals surface area contributed by atoms with Crippen LogP contribution in [0.25, 0.3) is 0 Å². The van der Waals surface area contributed by atoms with Crippen LogP contribution in [0.4, 0.5) is 0 Å². The van der Waals surface area contributed by atoms with E-state index < -0.39 is 10.0 Å². The number of benzene rings is 1. The molecule has 2 rings (SSSR count). The van der Waals surface area contributed by atoms with Crippen molar-refractivity contribution in [3.8, 4) is 0 Å². The third-order valence-electron chi connectivity index (χ3n) is 3.80. The Bertz CT molecular complexity index is 553. The molecular weight excluding hydrogens is 302 g/mol. The Balaban J connectivity index is 1.96. The molecule has 0 N–H and O–H groups in total. The summed E-state index contributed by atoms with van der Waals surface area (Å²) in [6, 6.07) is 8.24. The second kappa shape index (κ2) is 6.71. The Morgan fingerprint density at radius 3 is 2.14 bits per heavy atom. The van der Waals surface area contributed by atoms with Crippen LogP contribution in [0.15, 0.2) is 29.2 Å². The molecule has 118 valence electrons. The standard InChI is InChI=1S/C16H25NO2S2/c1-16(2,3)14-7-9-15(10-8-14)20-13-21(18,19)17-11-5-4-6-12-17/h7-10H,4-6,11-13H2,1-3H3. The summed E-state index contributed by atoms with van der Waals surface area (Å²) >= 11 is 1.41. The topological polar surface area (TPSA) is 37.4 Å². The summed E-state index contributed by atoms with van der Waals surface area (Å²) in [5, 5.41) is 0.141. The fourth-order valence-corrected chi connectivity index (χ4v) is 5.29. The maximum Gasteiger partial charge on any atom is 0.223 e. The van der Waals surface area contributed by atoms with Gasteiger partial charge in [0.25, 0.3) is 0 Å². The highest BCUT2D eigenvalue weighted by atomic mass is 32.3. The van der Waals surface area contributed by atoms with E-state index in [1.807, 2.05) is 12.1 Å². The fraction of sp³-hybridized carbons (Fsp3) is 0.625. The Kier molecular flexibility index (Phi) is 5.38. The highest BCUT2D eigenvalue weighted by Gasteiger charge is 2.23. The van der Waals surface area contributed by atoms with E-state index in [9.17, 15) is 8.42 Å². The molecule has 1 aromatic carbocycles. The minimum Gasteiger partial charge on any atom is -0.211 e. The van der Waals surface area contributed by atoms with Crippen LogP contribution in [0.5, 0.6) is 0 Å². The first-order valence-electron chi connectivity index (χ1n) is 7.50. The molecule has 1 heterocycles. The maximum atomic E-state index is 12.3. The van der Waals surface area contributed by atoms with Gasteiger partial charge in [-0.05, 0) is 36.0 Å². The van der Waals surface area contributed by atoms with E-state index in [2.05, 4.69) is 32.9 Å². The van der Waals surface area contributed by atoms with Crippen molar-refractivity contribution in [3.05, 3.63) is 29.8 Å². The van der Waals surface area contributed by atoms with Gasteiger partial charge in [-0.25, -0.2) is 12.7 Å². The first kappa shape index (κ1) is 16.8. The molecule has 0 spiro atoms. The van der Waals surface area contributed by atoms with Gasteiger partial charge in [0.2, 0.25) is 10.0 Å². The number of thioether (sulfide) groups is 1. The zero-order chi connectivity index (χ0) is 15.5. The SMILES string of the molecule is CC(C)(C)c1ccc(SCS(=O)(=O)N2CCCCC2)cc1. The van der Waals surface area contributed by atoms with Crippen LogP contribution in [-0.4, -0.2) is 30.9 Å². The molecule has 1 fully saturated rings. The van der Waals surface area contributed by atoms with Crippen LogP contribution in [0.3, 0.4) is 0 Å². The second-order valence-corrected chi connectivity index (χ2v) is 9.99. The molecule has 3 nitrogen and oxygen atoms in total. The van der Waals surface area contributed by atoms with E-state index in [1.54, 1.807) is 4.31 Å². The van der Waals surface area contributed by atoms with Crippen LogP contribution in [0.2, 0.25) is 0 Å². The Hall–Kier alpha value is -0.520. The zero-order valence-electron chi connectivity index (χ0n) is 13.1. The van der Waals surface area contributed by atoms with Crippen molar-refractivity contribution in [2.45, 2.75) is 50.3 Å². The Morgan fingerprint density at radius 2 is 1.62 bits per heavy atom. The van der Waals surface area contributed by atoms with Crippen molar-refractivity contribution in [2.75, 3.05) is 18.2 Å². The number of sulfonamides is 1. The van der Waals surface area contributed by atoms with E-state index in [0.717, 1.165) is 24.2 Å². The van der Waals surface area contributed by atoms with Gasteiger partial charge in [0.1, 0.15) is 5.08 Å². The predicted molar refractivity (Wildman–Crippen MR) is 90.2 cm³/mol. The van der Waals surface area contributed by atoms with Gasteiger partial charge in [0.05, 0.1) is 0 Å². The molecule has 0 aromatic heterocycles. The molecule has 0 bridgehead atoms. The molecular formula is C16H25NO2S2. The lowest BCUT2D eigenvalue weighted by molar-refractivity contribution is 0.348. The van der Waals surface area contributed by atoms with Crippen molar-refractivity contribution in [1.82, 2.24) is 4.31 Å². The fourth-order valence-electron chi connectivity index (χ4n) is 2.41. The average molecular weight is 328 g/mol. The van der Waals surface area contributed by atoms with Gasteiger partial charge >= 0.3 is 0 Å². The highest BCUT2D eigenvalue weighted by molar-refractivity contribution is 8.11. The number of piperidine rings is 1. The first-order valence-corrected chi connectivity index (χ1v) is 10.1. The summed E-state index contributed by atoms with van der Waals surface area (Å²) in [6.07, 6.45) is 3.13. The molecule has 1 aliphatic heterocycles. The summed E-state index contributed by atoms with van der Waals surface area (Å²) in [7, 11) is -3.12. The third-order valence-corrected chi connectivity index (χ3v) is 7.22. The van der Waals surface area contributed by atoms with Crippen LogP contribution < -0.4 is 0 Å². The van der Waals surface area contributed by atoms with Gasteiger partial charge in [-0.15, -0.1) is 11.8 Å². The Morgan fingerprint density at radius 1 is 1.05 bits per heavy atom. The number of hydrogen-bond acceptors (Lipinski definition) is 3. The number of rotatable bonds is 4. The van der Waals surface area contributed by atoms with Crippen LogP contribution in [-0.2, 0) is 15.4 Å². The predicted octanol–water partition coefficient (Wildman–Crippen LogP) is 3.85. The van der Waals surface area contributed by atoms with Crippen molar-refractivity contribution in [2.24, 2.45) is 0 Å². The van der Waals surface area contributed by atoms with Crippen LogP contribution >= 0.6 is 11.8 Å². The molecule has 0 aliphatic carbocycles. The number of hydrogen-bond donors (Lipinski definition) is 0. The van der Waals surface area contributed by atoms with Gasteiger partial charge in [-0.2, -0.15) is 0 Å². The largest absolute Gasteiger partial charge is 0.223 e. The summed E-state index contributed by atoms with van der Waals surface area (Å²) in [5.74, 6) is 0.